The highest BCUT2D eigenvalue weighted by Gasteiger charge is 2.33. The van der Waals surface area contributed by atoms with Crippen molar-refractivity contribution in [2.24, 2.45) is 5.92 Å². The fourth-order valence-electron chi connectivity index (χ4n) is 2.72. The van der Waals surface area contributed by atoms with Crippen LogP contribution in [-0.2, 0) is 4.79 Å². The van der Waals surface area contributed by atoms with Crippen molar-refractivity contribution in [1.82, 2.24) is 4.90 Å². The summed E-state index contributed by atoms with van der Waals surface area (Å²) in [6, 6.07) is 6.60. The van der Waals surface area contributed by atoms with Gasteiger partial charge < -0.3 is 14.4 Å². The molecule has 6 heteroatoms. The summed E-state index contributed by atoms with van der Waals surface area (Å²) >= 11 is 0. The Kier molecular flexibility index (Phi) is 6.19. The molecule has 0 bridgehead atoms. The normalized spacial score (nSPS) is 14.8. The van der Waals surface area contributed by atoms with E-state index in [0.29, 0.717) is 37.8 Å². The minimum Gasteiger partial charge on any atom is -0.490 e. The first kappa shape index (κ1) is 17.8. The number of amides is 1. The lowest BCUT2D eigenvalue weighted by molar-refractivity contribution is -0.131. The highest BCUT2D eigenvalue weighted by Crippen LogP contribution is 2.29. The van der Waals surface area contributed by atoms with Gasteiger partial charge in [-0.05, 0) is 44.9 Å². The van der Waals surface area contributed by atoms with Crippen LogP contribution in [0.25, 0.3) is 0 Å². The molecule has 24 heavy (non-hydrogen) atoms. The van der Waals surface area contributed by atoms with Crippen molar-refractivity contribution in [2.75, 3.05) is 26.3 Å². The number of carbonyl (C=O) groups is 2. The fourth-order valence-corrected chi connectivity index (χ4v) is 2.72. The largest absolute Gasteiger partial charge is 0.490 e. The summed E-state index contributed by atoms with van der Waals surface area (Å²) in [4.78, 5) is 26.6. The van der Waals surface area contributed by atoms with Crippen LogP contribution >= 0.6 is 0 Å². The summed E-state index contributed by atoms with van der Waals surface area (Å²) in [6.45, 7) is 5.80. The Bertz CT molecular complexity index is 645. The van der Waals surface area contributed by atoms with Crippen LogP contribution < -0.4 is 9.47 Å². The van der Waals surface area contributed by atoms with Crippen LogP contribution in [0.15, 0.2) is 18.2 Å². The van der Waals surface area contributed by atoms with Gasteiger partial charge in [0.15, 0.2) is 23.2 Å². The van der Waals surface area contributed by atoms with Gasteiger partial charge in [-0.25, -0.2) is 0 Å². The molecule has 1 aliphatic heterocycles. The summed E-state index contributed by atoms with van der Waals surface area (Å²) < 4.78 is 11.0. The van der Waals surface area contributed by atoms with E-state index in [0.717, 1.165) is 12.8 Å². The van der Waals surface area contributed by atoms with E-state index >= 15 is 0 Å². The maximum Gasteiger partial charge on any atom is 0.247 e. The van der Waals surface area contributed by atoms with Crippen LogP contribution in [0.4, 0.5) is 0 Å². The molecule has 1 aromatic rings. The molecule has 128 valence electrons. The van der Waals surface area contributed by atoms with Crippen molar-refractivity contribution in [3.05, 3.63) is 23.8 Å². The molecule has 1 amide bonds. The Morgan fingerprint density at radius 2 is 1.79 bits per heavy atom. The van der Waals surface area contributed by atoms with Gasteiger partial charge in [-0.2, -0.15) is 5.26 Å². The Labute approximate surface area is 142 Å². The zero-order valence-corrected chi connectivity index (χ0v) is 14.1. The topological polar surface area (TPSA) is 79.6 Å². The molecule has 0 spiro atoms. The summed E-state index contributed by atoms with van der Waals surface area (Å²) in [5.74, 6) is -1.24. The third kappa shape index (κ3) is 3.85. The molecule has 0 N–H and O–H groups in total. The molecule has 1 aliphatic rings. The maximum absolute atomic E-state index is 12.6. The fraction of sp³-hybridized carbons (Fsp3) is 0.500. The first-order chi connectivity index (χ1) is 11.6. The molecule has 0 unspecified atom stereocenters. The number of nitriles is 1. The number of carbonyl (C=O) groups excluding carboxylic acids is 2. The van der Waals surface area contributed by atoms with Crippen molar-refractivity contribution >= 4 is 11.7 Å². The zero-order chi connectivity index (χ0) is 17.5. The van der Waals surface area contributed by atoms with Gasteiger partial charge in [0, 0.05) is 18.7 Å². The lowest BCUT2D eigenvalue weighted by Crippen LogP contribution is -2.37. The Morgan fingerprint density at radius 1 is 1.17 bits per heavy atom. The van der Waals surface area contributed by atoms with Crippen molar-refractivity contribution in [1.29, 1.82) is 5.26 Å². The van der Waals surface area contributed by atoms with Crippen LogP contribution in [0.1, 0.15) is 37.0 Å². The molecule has 1 heterocycles. The number of rotatable bonds is 7. The zero-order valence-electron chi connectivity index (χ0n) is 14.1. The average Bonchev–Trinajstić information content (AvgIpc) is 3.12. The number of ether oxygens (including phenoxy) is 2. The summed E-state index contributed by atoms with van der Waals surface area (Å²) in [7, 11) is 0. The predicted molar refractivity (Wildman–Crippen MR) is 88.0 cm³/mol. The van der Waals surface area contributed by atoms with Crippen LogP contribution in [0, 0.1) is 17.2 Å². The van der Waals surface area contributed by atoms with E-state index in [1.807, 2.05) is 19.9 Å². The van der Waals surface area contributed by atoms with Gasteiger partial charge in [-0.3, -0.25) is 9.59 Å². The standard InChI is InChI=1S/C18H22N2O4/c1-3-23-15-8-7-13(11-16(15)24-4-2)17(21)14(12-19)18(22)20-9-5-6-10-20/h7-8,11,14H,3-6,9-10H2,1-2H3/t14-/m0/s1. The molecule has 1 fully saturated rings. The van der Waals surface area contributed by atoms with Crippen LogP contribution in [0.5, 0.6) is 11.5 Å². The van der Waals surface area contributed by atoms with Gasteiger partial charge >= 0.3 is 0 Å². The molecule has 1 atom stereocenters. The molecule has 1 aromatic carbocycles. The SMILES string of the molecule is CCOc1ccc(C(=O)[C@H](C#N)C(=O)N2CCCC2)cc1OCC. The molecule has 0 aromatic heterocycles. The second kappa shape index (κ2) is 8.34. The van der Waals surface area contributed by atoms with Gasteiger partial charge in [0.2, 0.25) is 5.91 Å². The van der Waals surface area contributed by atoms with E-state index in [2.05, 4.69) is 0 Å². The number of benzene rings is 1. The first-order valence-electron chi connectivity index (χ1n) is 8.24. The summed E-state index contributed by atoms with van der Waals surface area (Å²) in [5.41, 5.74) is 0.279. The lowest BCUT2D eigenvalue weighted by atomic mass is 9.97. The molecule has 1 saturated heterocycles. The Balaban J connectivity index is 2.24. The van der Waals surface area contributed by atoms with E-state index in [1.54, 1.807) is 23.1 Å². The number of nitrogens with zero attached hydrogens (tertiary/aromatic N) is 2. The second-order valence-electron chi connectivity index (χ2n) is 5.49. The van der Waals surface area contributed by atoms with Crippen LogP contribution in [-0.4, -0.2) is 42.9 Å². The molecule has 0 radical (unpaired) electrons. The van der Waals surface area contributed by atoms with Crippen molar-refractivity contribution < 1.29 is 19.1 Å². The Morgan fingerprint density at radius 3 is 2.38 bits per heavy atom. The van der Waals surface area contributed by atoms with Gasteiger partial charge in [0.05, 0.1) is 19.3 Å². The summed E-state index contributed by atoms with van der Waals surface area (Å²) in [6.07, 6.45) is 1.82. The quantitative estimate of drug-likeness (QED) is 0.566. The van der Waals surface area contributed by atoms with E-state index < -0.39 is 17.6 Å². The third-order valence-corrected chi connectivity index (χ3v) is 3.88. The second-order valence-corrected chi connectivity index (χ2v) is 5.49. The van der Waals surface area contributed by atoms with E-state index in [1.165, 1.54) is 0 Å². The minimum absolute atomic E-state index is 0.279. The molecule has 0 saturated carbocycles. The Hall–Kier alpha value is -2.55. The number of hydrogen-bond donors (Lipinski definition) is 0. The van der Waals surface area contributed by atoms with Gasteiger partial charge in [-0.1, -0.05) is 0 Å². The smallest absolute Gasteiger partial charge is 0.247 e. The van der Waals surface area contributed by atoms with Crippen molar-refractivity contribution in [2.45, 2.75) is 26.7 Å². The number of ketones is 1. The van der Waals surface area contributed by atoms with E-state index in [4.69, 9.17) is 9.47 Å². The van der Waals surface area contributed by atoms with E-state index in [-0.39, 0.29) is 5.56 Å². The molecular weight excluding hydrogens is 308 g/mol. The van der Waals surface area contributed by atoms with E-state index in [9.17, 15) is 14.9 Å². The third-order valence-electron chi connectivity index (χ3n) is 3.88. The number of Topliss-reactive ketones (excluding diaryl/α,β-unsaturated/α-hetero) is 1. The van der Waals surface area contributed by atoms with Gasteiger partial charge in [-0.15, -0.1) is 0 Å². The maximum atomic E-state index is 12.6. The highest BCUT2D eigenvalue weighted by molar-refractivity contribution is 6.12. The number of hydrogen-bond acceptors (Lipinski definition) is 5. The van der Waals surface area contributed by atoms with Crippen molar-refractivity contribution in [3.63, 3.8) is 0 Å². The van der Waals surface area contributed by atoms with Crippen molar-refractivity contribution in [3.8, 4) is 17.6 Å². The molecule has 0 aliphatic carbocycles. The van der Waals surface area contributed by atoms with Gasteiger partial charge in [0.25, 0.3) is 0 Å². The minimum atomic E-state index is -1.31. The monoisotopic (exact) mass is 330 g/mol. The predicted octanol–water partition coefficient (Wildman–Crippen LogP) is 2.43. The molecular formula is C18H22N2O4. The number of likely N-dealkylation sites (tertiary alicyclic amines) is 1. The van der Waals surface area contributed by atoms with Gasteiger partial charge in [0.1, 0.15) is 0 Å². The highest BCUT2D eigenvalue weighted by atomic mass is 16.5. The van der Waals surface area contributed by atoms with Crippen LogP contribution in [0.3, 0.4) is 0 Å². The molecule has 6 nitrogen and oxygen atoms in total. The lowest BCUT2D eigenvalue weighted by Gasteiger charge is -2.18. The average molecular weight is 330 g/mol. The first-order valence-corrected chi connectivity index (χ1v) is 8.24. The molecule has 2 rings (SSSR count). The summed E-state index contributed by atoms with van der Waals surface area (Å²) in [5, 5.41) is 9.33. The van der Waals surface area contributed by atoms with Crippen LogP contribution in [0.2, 0.25) is 0 Å².